The molecule has 0 saturated carbocycles. The highest BCUT2D eigenvalue weighted by Gasteiger charge is 2.32. The average Bonchev–Trinajstić information content (AvgIpc) is 3.31. The van der Waals surface area contributed by atoms with Crippen molar-refractivity contribution in [2.75, 3.05) is 0 Å². The Bertz CT molecular complexity index is 913. The van der Waals surface area contributed by atoms with E-state index in [2.05, 4.69) is 20.4 Å². The topological polar surface area (TPSA) is 149 Å². The monoisotopic (exact) mass is 550 g/mol. The highest BCUT2D eigenvalue weighted by atomic mass is 31.2. The molecular weight excluding hydrogens is 510 g/mol. The molecule has 2 heterocycles. The zero-order valence-corrected chi connectivity index (χ0v) is 24.3. The normalized spacial score (nSPS) is 13.1. The minimum atomic E-state index is -3.40. The minimum Gasteiger partial charge on any atom is -0.425 e. The van der Waals surface area contributed by atoms with Crippen molar-refractivity contribution in [1.82, 2.24) is 20.4 Å². The van der Waals surface area contributed by atoms with Gasteiger partial charge in [0.15, 0.2) is 0 Å². The maximum atomic E-state index is 13.0. The number of nitrogens with zero attached hydrogens (tertiary/aromatic N) is 4. The molecule has 14 heteroatoms. The number of aromatic nitrogens is 4. The van der Waals surface area contributed by atoms with E-state index in [4.69, 9.17) is 26.9 Å². The summed E-state index contributed by atoms with van der Waals surface area (Å²) < 4.78 is 59.4. The van der Waals surface area contributed by atoms with Gasteiger partial charge in [-0.1, -0.05) is 0 Å². The summed E-state index contributed by atoms with van der Waals surface area (Å²) >= 11 is 0. The van der Waals surface area contributed by atoms with Crippen LogP contribution in [0, 0.1) is 0 Å². The van der Waals surface area contributed by atoms with E-state index in [0.29, 0.717) is 24.6 Å². The molecule has 0 N–H and O–H groups in total. The third kappa shape index (κ3) is 11.3. The van der Waals surface area contributed by atoms with Crippen molar-refractivity contribution < 1.29 is 36.1 Å². The lowest BCUT2D eigenvalue weighted by Crippen LogP contribution is -2.09. The van der Waals surface area contributed by atoms with Crippen molar-refractivity contribution in [3.63, 3.8) is 0 Å². The molecule has 12 nitrogen and oxygen atoms in total. The van der Waals surface area contributed by atoms with Gasteiger partial charge in [-0.05, 0) is 68.2 Å². The molecule has 0 spiro atoms. The first kappa shape index (κ1) is 30.8. The lowest BCUT2D eigenvalue weighted by molar-refractivity contribution is 0.139. The molecule has 0 fully saturated rings. The van der Waals surface area contributed by atoms with Crippen molar-refractivity contribution in [3.8, 4) is 0 Å². The van der Waals surface area contributed by atoms with Gasteiger partial charge in [0.25, 0.3) is 0 Å². The van der Waals surface area contributed by atoms with E-state index in [0.717, 1.165) is 12.8 Å². The zero-order chi connectivity index (χ0) is 26.9. The second-order valence-corrected chi connectivity index (χ2v) is 13.5. The van der Waals surface area contributed by atoms with Crippen LogP contribution in [0.1, 0.15) is 91.8 Å². The standard InChI is InChI=1S/C22H40N4O8P2/c1-15(2)31-35(27,32-16(3)4)13-21-25-23-19(29-21)11-9-10-12-20-24-26-22(30-20)14-36(28,33-17(5)6)34-18(7)8/h15-18H,9-14H2,1-8H3. The van der Waals surface area contributed by atoms with Crippen LogP contribution in [-0.4, -0.2) is 44.8 Å². The molecule has 0 aromatic carbocycles. The van der Waals surface area contributed by atoms with Gasteiger partial charge < -0.3 is 26.9 Å². The first-order valence-corrected chi connectivity index (χ1v) is 15.8. The molecule has 0 bridgehead atoms. The Hall–Kier alpha value is -1.42. The highest BCUT2D eigenvalue weighted by Crippen LogP contribution is 2.54. The summed E-state index contributed by atoms with van der Waals surface area (Å²) in [5.41, 5.74) is 0. The Balaban J connectivity index is 1.85. The van der Waals surface area contributed by atoms with E-state index >= 15 is 0 Å². The zero-order valence-electron chi connectivity index (χ0n) is 22.5. The molecule has 0 saturated heterocycles. The molecule has 0 unspecified atom stereocenters. The predicted molar refractivity (Wildman–Crippen MR) is 133 cm³/mol. The van der Waals surface area contributed by atoms with Gasteiger partial charge >= 0.3 is 15.2 Å². The van der Waals surface area contributed by atoms with Gasteiger partial charge in [-0.15, -0.1) is 20.4 Å². The Morgan fingerprint density at radius 2 is 0.833 bits per heavy atom. The first-order chi connectivity index (χ1) is 16.8. The van der Waals surface area contributed by atoms with Crippen LogP contribution in [0.25, 0.3) is 0 Å². The fourth-order valence-electron chi connectivity index (χ4n) is 3.27. The largest absolute Gasteiger partial charge is 0.425 e. The van der Waals surface area contributed by atoms with Gasteiger partial charge in [-0.25, -0.2) is 0 Å². The molecule has 0 aliphatic heterocycles. The van der Waals surface area contributed by atoms with Crippen molar-refractivity contribution in [3.05, 3.63) is 23.6 Å². The molecule has 206 valence electrons. The third-order valence-electron chi connectivity index (χ3n) is 4.19. The van der Waals surface area contributed by atoms with Crippen LogP contribution in [0.2, 0.25) is 0 Å². The maximum absolute atomic E-state index is 13.0. The third-order valence-corrected chi connectivity index (χ3v) is 8.48. The molecule has 0 radical (unpaired) electrons. The van der Waals surface area contributed by atoms with E-state index in [1.807, 2.05) is 0 Å². The van der Waals surface area contributed by atoms with Gasteiger partial charge in [0, 0.05) is 12.8 Å². The quantitative estimate of drug-likeness (QED) is 0.165. The van der Waals surface area contributed by atoms with E-state index in [9.17, 15) is 9.13 Å². The Morgan fingerprint density at radius 1 is 0.556 bits per heavy atom. The number of aryl methyl sites for hydroxylation is 2. The number of unbranched alkanes of at least 4 members (excludes halogenated alkanes) is 1. The van der Waals surface area contributed by atoms with Crippen LogP contribution in [0.15, 0.2) is 8.83 Å². The van der Waals surface area contributed by atoms with Gasteiger partial charge in [-0.3, -0.25) is 9.13 Å². The van der Waals surface area contributed by atoms with Crippen molar-refractivity contribution in [2.45, 2.75) is 118 Å². The lowest BCUT2D eigenvalue weighted by atomic mass is 10.2. The average molecular weight is 551 g/mol. The predicted octanol–water partition coefficient (Wildman–Crippen LogP) is 6.10. The Kier molecular flexibility index (Phi) is 11.9. The molecular formula is C22H40N4O8P2. The highest BCUT2D eigenvalue weighted by molar-refractivity contribution is 7.53. The van der Waals surface area contributed by atoms with Crippen molar-refractivity contribution >= 4 is 15.2 Å². The van der Waals surface area contributed by atoms with E-state index in [1.165, 1.54) is 0 Å². The smallest absolute Gasteiger partial charge is 0.340 e. The SMILES string of the molecule is CC(C)OP(=O)(Cc1nnc(CCCCc2nnc(CP(=O)(OC(C)C)OC(C)C)o2)o1)OC(C)C. The molecule has 36 heavy (non-hydrogen) atoms. The summed E-state index contributed by atoms with van der Waals surface area (Å²) in [6.45, 7) is 14.3. The number of hydrogen-bond acceptors (Lipinski definition) is 12. The first-order valence-electron chi connectivity index (χ1n) is 12.3. The summed E-state index contributed by atoms with van der Waals surface area (Å²) in [4.78, 5) is 0. The van der Waals surface area contributed by atoms with Crippen molar-refractivity contribution in [2.24, 2.45) is 0 Å². The summed E-state index contributed by atoms with van der Waals surface area (Å²) in [6.07, 6.45) is 1.32. The Labute approximate surface area is 213 Å². The van der Waals surface area contributed by atoms with E-state index in [1.54, 1.807) is 55.4 Å². The van der Waals surface area contributed by atoms with E-state index in [-0.39, 0.29) is 48.5 Å². The second kappa shape index (κ2) is 13.9. The van der Waals surface area contributed by atoms with Crippen molar-refractivity contribution in [1.29, 1.82) is 0 Å². The molecule has 0 atom stereocenters. The van der Waals surface area contributed by atoms with Crippen LogP contribution in [0.5, 0.6) is 0 Å². The number of hydrogen-bond donors (Lipinski definition) is 0. The second-order valence-electron chi connectivity index (χ2n) is 9.54. The fraction of sp³-hybridized carbons (Fsp3) is 0.818. The lowest BCUT2D eigenvalue weighted by Gasteiger charge is -2.21. The molecule has 2 rings (SSSR count). The summed E-state index contributed by atoms with van der Waals surface area (Å²) in [6, 6.07) is 0. The summed E-state index contributed by atoms with van der Waals surface area (Å²) in [5.74, 6) is 1.31. The fourth-order valence-corrected chi connectivity index (χ4v) is 7.16. The minimum absolute atomic E-state index is 0.0774. The Morgan fingerprint density at radius 3 is 1.11 bits per heavy atom. The molecule has 0 amide bonds. The maximum Gasteiger partial charge on any atom is 0.340 e. The van der Waals surface area contributed by atoms with Crippen LogP contribution in [-0.2, 0) is 52.4 Å². The number of rotatable bonds is 17. The molecule has 0 aliphatic rings. The molecule has 2 aromatic heterocycles. The van der Waals surface area contributed by atoms with Crippen LogP contribution >= 0.6 is 15.2 Å². The van der Waals surface area contributed by atoms with Gasteiger partial charge in [0.05, 0.1) is 24.4 Å². The molecule has 2 aromatic rings. The van der Waals surface area contributed by atoms with Gasteiger partial charge in [0.2, 0.25) is 23.6 Å². The molecule has 0 aliphatic carbocycles. The summed E-state index contributed by atoms with van der Waals surface area (Å²) in [7, 11) is -6.81. The van der Waals surface area contributed by atoms with E-state index < -0.39 is 15.2 Å². The van der Waals surface area contributed by atoms with Crippen LogP contribution < -0.4 is 0 Å². The van der Waals surface area contributed by atoms with Crippen LogP contribution in [0.3, 0.4) is 0 Å². The van der Waals surface area contributed by atoms with Gasteiger partial charge in [0.1, 0.15) is 12.3 Å². The van der Waals surface area contributed by atoms with Gasteiger partial charge in [-0.2, -0.15) is 0 Å². The summed E-state index contributed by atoms with van der Waals surface area (Å²) in [5, 5.41) is 16.1. The van der Waals surface area contributed by atoms with Crippen LogP contribution in [0.4, 0.5) is 0 Å².